The molecule has 2 aromatic carbocycles. The molecule has 0 saturated heterocycles. The van der Waals surface area contributed by atoms with E-state index in [4.69, 9.17) is 32.7 Å². The number of rotatable bonds is 12. The zero-order valence-electron chi connectivity index (χ0n) is 17.1. The summed E-state index contributed by atoms with van der Waals surface area (Å²) in [5.41, 5.74) is 0. The fourth-order valence-corrected chi connectivity index (χ4v) is 2.70. The van der Waals surface area contributed by atoms with Crippen molar-refractivity contribution in [3.8, 4) is 11.5 Å². The molecule has 2 rings (SSSR count). The number of benzene rings is 2. The van der Waals surface area contributed by atoms with Gasteiger partial charge in [0.05, 0.1) is 16.0 Å². The molecule has 12 heteroatoms. The molecule has 0 heterocycles. The van der Waals surface area contributed by atoms with Gasteiger partial charge in [-0.05, 0) is 30.7 Å². The maximum atomic E-state index is 13.4. The van der Waals surface area contributed by atoms with Crippen LogP contribution in [0.15, 0.2) is 36.4 Å². The zero-order chi connectivity index (χ0) is 24.4. The van der Waals surface area contributed by atoms with Crippen LogP contribution >= 0.6 is 23.2 Å². The summed E-state index contributed by atoms with van der Waals surface area (Å²) in [6, 6.07) is 7.40. The maximum Gasteiger partial charge on any atom is 0.308 e. The van der Waals surface area contributed by atoms with Gasteiger partial charge in [0.15, 0.2) is 13.2 Å². The van der Waals surface area contributed by atoms with Gasteiger partial charge in [0, 0.05) is 25.2 Å². The minimum atomic E-state index is -1.17. The minimum absolute atomic E-state index is 0.00452. The van der Waals surface area contributed by atoms with Crippen molar-refractivity contribution in [2.75, 3.05) is 26.3 Å². The highest BCUT2D eigenvalue weighted by molar-refractivity contribution is 6.31. The Labute approximate surface area is 197 Å². The molecular formula is C21H20Cl2F2N2O6. The van der Waals surface area contributed by atoms with Gasteiger partial charge in [-0.15, -0.1) is 0 Å². The molecule has 0 aliphatic rings. The number of carbonyl (C=O) groups excluding carboxylic acids is 2. The summed E-state index contributed by atoms with van der Waals surface area (Å²) in [4.78, 5) is 35.1. The van der Waals surface area contributed by atoms with E-state index in [1.54, 1.807) is 0 Å². The Kier molecular flexibility index (Phi) is 10.1. The van der Waals surface area contributed by atoms with E-state index in [1.165, 1.54) is 24.3 Å². The second-order valence-electron chi connectivity index (χ2n) is 6.71. The van der Waals surface area contributed by atoms with Crippen LogP contribution in [0.3, 0.4) is 0 Å². The normalized spacial score (nSPS) is 11.4. The lowest BCUT2D eigenvalue weighted by Gasteiger charge is -2.14. The van der Waals surface area contributed by atoms with Gasteiger partial charge >= 0.3 is 5.97 Å². The van der Waals surface area contributed by atoms with E-state index in [1.807, 2.05) is 0 Å². The summed E-state index contributed by atoms with van der Waals surface area (Å²) in [6.45, 7) is -1.06. The second kappa shape index (κ2) is 12.8. The fourth-order valence-electron chi connectivity index (χ4n) is 2.47. The van der Waals surface area contributed by atoms with Gasteiger partial charge in [0.25, 0.3) is 11.8 Å². The molecule has 0 aromatic heterocycles. The Morgan fingerprint density at radius 2 is 1.36 bits per heavy atom. The molecule has 0 bridgehead atoms. The number of carboxylic acid groups (broad SMARTS) is 1. The van der Waals surface area contributed by atoms with Crippen LogP contribution in [0, 0.1) is 17.6 Å². The topological polar surface area (TPSA) is 114 Å². The number of hydrogen-bond donors (Lipinski definition) is 3. The van der Waals surface area contributed by atoms with E-state index in [0.717, 1.165) is 12.1 Å². The summed E-state index contributed by atoms with van der Waals surface area (Å²) in [5, 5.41) is 14.0. The third-order valence-corrected chi connectivity index (χ3v) is 4.84. The van der Waals surface area contributed by atoms with Crippen LogP contribution in [-0.4, -0.2) is 49.2 Å². The summed E-state index contributed by atoms with van der Waals surface area (Å²) in [5.74, 6) is -4.48. The van der Waals surface area contributed by atoms with Crippen molar-refractivity contribution in [1.82, 2.24) is 10.6 Å². The lowest BCUT2D eigenvalue weighted by molar-refractivity contribution is -0.142. The van der Waals surface area contributed by atoms with Crippen molar-refractivity contribution < 1.29 is 37.7 Å². The van der Waals surface area contributed by atoms with E-state index in [0.29, 0.717) is 0 Å². The Hall–Kier alpha value is -3.11. The van der Waals surface area contributed by atoms with E-state index in [9.17, 15) is 28.3 Å². The summed E-state index contributed by atoms with van der Waals surface area (Å²) < 4.78 is 37.0. The molecule has 1 atom stereocenters. The van der Waals surface area contributed by atoms with E-state index < -0.39 is 48.5 Å². The van der Waals surface area contributed by atoms with E-state index in [2.05, 4.69) is 10.6 Å². The van der Waals surface area contributed by atoms with E-state index in [-0.39, 0.29) is 41.1 Å². The highest BCUT2D eigenvalue weighted by Crippen LogP contribution is 2.21. The predicted octanol–water partition coefficient (Wildman–Crippen LogP) is 3.05. The van der Waals surface area contributed by atoms with Crippen LogP contribution in [0.25, 0.3) is 0 Å². The number of carboxylic acids is 1. The summed E-state index contributed by atoms with van der Waals surface area (Å²) >= 11 is 11.1. The Bertz CT molecular complexity index is 1010. The highest BCUT2D eigenvalue weighted by atomic mass is 35.5. The van der Waals surface area contributed by atoms with Crippen molar-refractivity contribution in [3.63, 3.8) is 0 Å². The Balaban J connectivity index is 1.68. The van der Waals surface area contributed by atoms with Crippen LogP contribution in [0.1, 0.15) is 6.42 Å². The average molecular weight is 505 g/mol. The zero-order valence-corrected chi connectivity index (χ0v) is 18.6. The van der Waals surface area contributed by atoms with Gasteiger partial charge in [-0.3, -0.25) is 14.4 Å². The van der Waals surface area contributed by atoms with Crippen molar-refractivity contribution in [3.05, 3.63) is 58.1 Å². The molecule has 178 valence electrons. The molecule has 0 fully saturated rings. The Morgan fingerprint density at radius 1 is 0.879 bits per heavy atom. The third-order valence-electron chi connectivity index (χ3n) is 4.23. The largest absolute Gasteiger partial charge is 0.484 e. The maximum absolute atomic E-state index is 13.4. The molecule has 0 aliphatic carbocycles. The van der Waals surface area contributed by atoms with Crippen LogP contribution in [0.2, 0.25) is 10.0 Å². The minimum Gasteiger partial charge on any atom is -0.484 e. The molecule has 8 nitrogen and oxygen atoms in total. The average Bonchev–Trinajstić information content (AvgIpc) is 2.77. The Morgan fingerprint density at radius 3 is 1.82 bits per heavy atom. The van der Waals surface area contributed by atoms with Gasteiger partial charge in [-0.1, -0.05) is 23.2 Å². The van der Waals surface area contributed by atoms with Crippen LogP contribution in [0.4, 0.5) is 8.78 Å². The van der Waals surface area contributed by atoms with Gasteiger partial charge in [-0.2, -0.15) is 0 Å². The van der Waals surface area contributed by atoms with Crippen molar-refractivity contribution in [2.45, 2.75) is 6.42 Å². The van der Waals surface area contributed by atoms with Crippen molar-refractivity contribution >= 4 is 41.0 Å². The molecule has 3 N–H and O–H groups in total. The van der Waals surface area contributed by atoms with E-state index >= 15 is 0 Å². The van der Waals surface area contributed by atoms with Gasteiger partial charge in [-0.25, -0.2) is 8.78 Å². The number of nitrogens with one attached hydrogen (secondary N) is 2. The molecular weight excluding hydrogens is 485 g/mol. The third kappa shape index (κ3) is 9.11. The van der Waals surface area contributed by atoms with Crippen molar-refractivity contribution in [2.24, 2.45) is 5.92 Å². The standard InChI is InChI=1S/C21H20Cl2F2N2O6/c22-15-3-1-13(7-17(15)24)32-10-19(28)26-6-5-12(21(30)31)9-27-20(29)11-33-14-2-4-16(23)18(25)8-14/h1-4,7-8,12H,5-6,9-11H2,(H,26,28)(H,27,29)(H,30,31)/t12-/m0/s1. The fraction of sp³-hybridized carbons (Fsp3) is 0.286. The monoisotopic (exact) mass is 504 g/mol. The molecule has 0 saturated carbocycles. The SMILES string of the molecule is O=C(COc1ccc(Cl)c(F)c1)NCC[C@@H](CNC(=O)COc1ccc(Cl)c(F)c1)C(=O)O. The van der Waals surface area contributed by atoms with Crippen molar-refractivity contribution in [1.29, 1.82) is 0 Å². The molecule has 0 aliphatic heterocycles. The van der Waals surface area contributed by atoms with Crippen LogP contribution < -0.4 is 20.1 Å². The molecule has 33 heavy (non-hydrogen) atoms. The molecule has 0 radical (unpaired) electrons. The lowest BCUT2D eigenvalue weighted by Crippen LogP contribution is -2.38. The van der Waals surface area contributed by atoms with Gasteiger partial charge < -0.3 is 25.2 Å². The number of halogens is 4. The number of aliphatic carboxylic acids is 1. The van der Waals surface area contributed by atoms with Gasteiger partial charge in [0.1, 0.15) is 23.1 Å². The molecule has 2 aromatic rings. The number of amides is 2. The quantitative estimate of drug-likeness (QED) is 0.409. The predicted molar refractivity (Wildman–Crippen MR) is 116 cm³/mol. The first kappa shape index (κ1) is 26.1. The van der Waals surface area contributed by atoms with Gasteiger partial charge in [0.2, 0.25) is 0 Å². The number of ether oxygens (including phenoxy) is 2. The number of hydrogen-bond acceptors (Lipinski definition) is 5. The second-order valence-corrected chi connectivity index (χ2v) is 7.52. The van der Waals surface area contributed by atoms with Crippen LogP contribution in [-0.2, 0) is 14.4 Å². The molecule has 0 unspecified atom stereocenters. The number of carbonyl (C=O) groups is 3. The lowest BCUT2D eigenvalue weighted by atomic mass is 10.1. The molecule has 2 amide bonds. The first-order chi connectivity index (χ1) is 15.7. The first-order valence-corrected chi connectivity index (χ1v) is 10.3. The smallest absolute Gasteiger partial charge is 0.308 e. The van der Waals surface area contributed by atoms with Crippen LogP contribution in [0.5, 0.6) is 11.5 Å². The summed E-state index contributed by atoms with van der Waals surface area (Å²) in [6.07, 6.45) is 0.0280. The first-order valence-electron chi connectivity index (χ1n) is 9.57. The highest BCUT2D eigenvalue weighted by Gasteiger charge is 2.19. The summed E-state index contributed by atoms with van der Waals surface area (Å²) in [7, 11) is 0. The molecule has 0 spiro atoms.